The molecule has 2 N–H and O–H groups in total. The Morgan fingerprint density at radius 2 is 1.55 bits per heavy atom. The van der Waals surface area contributed by atoms with Crippen LogP contribution in [0.2, 0.25) is 0 Å². The summed E-state index contributed by atoms with van der Waals surface area (Å²) < 4.78 is 0. The Labute approximate surface area is 131 Å². The first-order chi connectivity index (χ1) is 10.8. The highest BCUT2D eigenvalue weighted by atomic mass is 15.3. The fourth-order valence-corrected chi connectivity index (χ4v) is 1.77. The first-order valence-electron chi connectivity index (χ1n) is 7.09. The monoisotopic (exact) mass is 292 g/mol. The lowest BCUT2D eigenvalue weighted by atomic mass is 10.2. The highest BCUT2D eigenvalue weighted by Crippen LogP contribution is 2.18. The minimum absolute atomic E-state index is 0.881. The molecule has 0 radical (unpaired) electrons. The van der Waals surface area contributed by atoms with E-state index >= 15 is 0 Å². The van der Waals surface area contributed by atoms with Crippen molar-refractivity contribution in [1.29, 1.82) is 0 Å². The average molecular weight is 292 g/mol. The Kier molecular flexibility index (Phi) is 5.93. The molecule has 0 aliphatic rings. The third kappa shape index (κ3) is 5.25. The standard InChI is InChI=1S/C18H20N4/c1-15(7-6-14-19-2)21-22-18-12-10-17(11-13-18)20-16-8-4-3-5-9-16/h3-14,20,22H,1-2H3. The van der Waals surface area contributed by atoms with Crippen molar-refractivity contribution in [3.63, 3.8) is 0 Å². The third-order valence-electron chi connectivity index (χ3n) is 2.88. The molecule has 112 valence electrons. The summed E-state index contributed by atoms with van der Waals surface area (Å²) in [5.41, 5.74) is 6.96. The Morgan fingerprint density at radius 1 is 0.909 bits per heavy atom. The zero-order valence-corrected chi connectivity index (χ0v) is 12.8. The van der Waals surface area contributed by atoms with E-state index in [-0.39, 0.29) is 0 Å². The van der Waals surface area contributed by atoms with Gasteiger partial charge in [-0.3, -0.25) is 10.4 Å². The van der Waals surface area contributed by atoms with Gasteiger partial charge in [-0.2, -0.15) is 5.10 Å². The number of benzene rings is 2. The van der Waals surface area contributed by atoms with Crippen LogP contribution in [0, 0.1) is 0 Å². The fourth-order valence-electron chi connectivity index (χ4n) is 1.77. The van der Waals surface area contributed by atoms with Crippen molar-refractivity contribution in [3.05, 3.63) is 66.7 Å². The highest BCUT2D eigenvalue weighted by molar-refractivity contribution is 5.96. The van der Waals surface area contributed by atoms with E-state index in [1.165, 1.54) is 0 Å². The van der Waals surface area contributed by atoms with Crippen molar-refractivity contribution in [3.8, 4) is 0 Å². The maximum Gasteiger partial charge on any atom is 0.0576 e. The summed E-state index contributed by atoms with van der Waals surface area (Å²) in [5.74, 6) is 0. The number of hydrogen-bond donors (Lipinski definition) is 2. The van der Waals surface area contributed by atoms with Crippen molar-refractivity contribution < 1.29 is 0 Å². The SMILES string of the molecule is CN=CC=CC(C)=NNc1ccc(Nc2ccccc2)cc1. The minimum Gasteiger partial charge on any atom is -0.356 e. The number of anilines is 3. The minimum atomic E-state index is 0.881. The van der Waals surface area contributed by atoms with Crippen molar-refractivity contribution in [2.24, 2.45) is 10.1 Å². The third-order valence-corrected chi connectivity index (χ3v) is 2.88. The number of aliphatic imine (C=N–C) groups is 1. The number of allylic oxidation sites excluding steroid dienone is 2. The maximum atomic E-state index is 4.28. The normalized spacial score (nSPS) is 12.0. The quantitative estimate of drug-likeness (QED) is 0.609. The van der Waals surface area contributed by atoms with Gasteiger partial charge in [0.1, 0.15) is 0 Å². The maximum absolute atomic E-state index is 4.28. The van der Waals surface area contributed by atoms with Crippen LogP contribution in [-0.4, -0.2) is 19.0 Å². The van der Waals surface area contributed by atoms with Crippen LogP contribution in [0.4, 0.5) is 17.1 Å². The average Bonchev–Trinajstić information content (AvgIpc) is 2.55. The Balaban J connectivity index is 1.93. The van der Waals surface area contributed by atoms with Crippen LogP contribution in [0.5, 0.6) is 0 Å². The van der Waals surface area contributed by atoms with E-state index < -0.39 is 0 Å². The van der Waals surface area contributed by atoms with Crippen molar-refractivity contribution in [2.45, 2.75) is 6.92 Å². The second kappa shape index (κ2) is 8.42. The molecule has 0 saturated carbocycles. The molecule has 2 aromatic carbocycles. The Morgan fingerprint density at radius 3 is 2.23 bits per heavy atom. The van der Waals surface area contributed by atoms with Gasteiger partial charge in [0.25, 0.3) is 0 Å². The van der Waals surface area contributed by atoms with Crippen LogP contribution >= 0.6 is 0 Å². The summed E-state index contributed by atoms with van der Waals surface area (Å²) in [5, 5.41) is 7.62. The van der Waals surface area contributed by atoms with Crippen LogP contribution in [0.3, 0.4) is 0 Å². The molecule has 0 heterocycles. The summed E-state index contributed by atoms with van der Waals surface area (Å²) in [4.78, 5) is 3.88. The van der Waals surface area contributed by atoms with Gasteiger partial charge in [0.15, 0.2) is 0 Å². The largest absolute Gasteiger partial charge is 0.356 e. The molecule has 0 unspecified atom stereocenters. The predicted molar refractivity (Wildman–Crippen MR) is 96.5 cm³/mol. The molecule has 0 spiro atoms. The zero-order valence-electron chi connectivity index (χ0n) is 12.8. The molecule has 22 heavy (non-hydrogen) atoms. The molecule has 0 atom stereocenters. The summed E-state index contributed by atoms with van der Waals surface area (Å²) in [6.45, 7) is 1.93. The molecule has 0 fully saturated rings. The molecule has 2 aromatic rings. The first kappa shape index (κ1) is 15.5. The van der Waals surface area contributed by atoms with Gasteiger partial charge in [-0.05, 0) is 55.5 Å². The van der Waals surface area contributed by atoms with Crippen molar-refractivity contribution in [2.75, 3.05) is 17.8 Å². The van der Waals surface area contributed by atoms with E-state index in [2.05, 4.69) is 20.8 Å². The van der Waals surface area contributed by atoms with Gasteiger partial charge in [0, 0.05) is 24.6 Å². The van der Waals surface area contributed by atoms with E-state index in [0.717, 1.165) is 22.8 Å². The number of hydrazone groups is 1. The summed E-state index contributed by atoms with van der Waals surface area (Å²) >= 11 is 0. The van der Waals surface area contributed by atoms with Crippen LogP contribution < -0.4 is 10.7 Å². The van der Waals surface area contributed by atoms with Crippen LogP contribution in [0.25, 0.3) is 0 Å². The molecule has 0 amide bonds. The number of rotatable bonds is 6. The van der Waals surface area contributed by atoms with Gasteiger partial charge in [-0.1, -0.05) is 18.2 Å². The highest BCUT2D eigenvalue weighted by Gasteiger charge is 1.95. The van der Waals surface area contributed by atoms with Gasteiger partial charge in [0.05, 0.1) is 11.4 Å². The lowest BCUT2D eigenvalue weighted by Gasteiger charge is -2.07. The van der Waals surface area contributed by atoms with Crippen molar-refractivity contribution in [1.82, 2.24) is 0 Å². The van der Waals surface area contributed by atoms with Crippen molar-refractivity contribution >= 4 is 29.0 Å². The van der Waals surface area contributed by atoms with E-state index in [0.29, 0.717) is 0 Å². The Bertz CT molecular complexity index is 655. The molecule has 0 bridgehead atoms. The van der Waals surface area contributed by atoms with Crippen LogP contribution in [-0.2, 0) is 0 Å². The number of para-hydroxylation sites is 1. The van der Waals surface area contributed by atoms with Crippen LogP contribution in [0.1, 0.15) is 6.92 Å². The lowest BCUT2D eigenvalue weighted by molar-refractivity contribution is 1.33. The summed E-state index contributed by atoms with van der Waals surface area (Å²) in [7, 11) is 1.74. The van der Waals surface area contributed by atoms with Gasteiger partial charge in [-0.15, -0.1) is 0 Å². The molecule has 0 saturated heterocycles. The number of nitrogens with zero attached hydrogens (tertiary/aromatic N) is 2. The lowest BCUT2D eigenvalue weighted by Crippen LogP contribution is -1.95. The molecule has 2 rings (SSSR count). The van der Waals surface area contributed by atoms with E-state index in [9.17, 15) is 0 Å². The second-order valence-corrected chi connectivity index (χ2v) is 4.70. The van der Waals surface area contributed by atoms with Crippen LogP contribution in [0.15, 0.2) is 76.8 Å². The molecular formula is C18H20N4. The summed E-state index contributed by atoms with van der Waals surface area (Å²) in [6, 6.07) is 18.1. The van der Waals surface area contributed by atoms with Gasteiger partial charge in [-0.25, -0.2) is 0 Å². The Hall–Kier alpha value is -2.88. The fraction of sp³-hybridized carbons (Fsp3) is 0.111. The first-order valence-corrected chi connectivity index (χ1v) is 7.09. The van der Waals surface area contributed by atoms with Gasteiger partial charge in [0.2, 0.25) is 0 Å². The smallest absolute Gasteiger partial charge is 0.0576 e. The molecular weight excluding hydrogens is 272 g/mol. The van der Waals surface area contributed by atoms with E-state index in [1.54, 1.807) is 13.3 Å². The molecule has 4 heteroatoms. The molecule has 4 nitrogen and oxygen atoms in total. The molecule has 0 aliphatic carbocycles. The zero-order chi connectivity index (χ0) is 15.6. The van der Waals surface area contributed by atoms with Gasteiger partial charge < -0.3 is 5.32 Å². The molecule has 0 aromatic heterocycles. The van der Waals surface area contributed by atoms with E-state index in [4.69, 9.17) is 0 Å². The molecule has 0 aliphatic heterocycles. The number of nitrogens with one attached hydrogen (secondary N) is 2. The second-order valence-electron chi connectivity index (χ2n) is 4.70. The predicted octanol–water partition coefficient (Wildman–Crippen LogP) is 4.47. The van der Waals surface area contributed by atoms with E-state index in [1.807, 2.05) is 73.7 Å². The number of hydrogen-bond acceptors (Lipinski definition) is 4. The van der Waals surface area contributed by atoms with Gasteiger partial charge >= 0.3 is 0 Å². The topological polar surface area (TPSA) is 48.8 Å². The summed E-state index contributed by atoms with van der Waals surface area (Å²) in [6.07, 6.45) is 5.47.